The fourth-order valence-electron chi connectivity index (χ4n) is 1.53. The average molecular weight is 269 g/mol. The van der Waals surface area contributed by atoms with Gasteiger partial charge in [-0.1, -0.05) is 18.9 Å². The molecule has 7 heteroatoms. The van der Waals surface area contributed by atoms with E-state index in [1.54, 1.807) is 0 Å². The molecule has 0 aromatic carbocycles. The zero-order chi connectivity index (χ0) is 14.3. The van der Waals surface area contributed by atoms with Gasteiger partial charge in [-0.2, -0.15) is 0 Å². The SMILES string of the molecule is CNCCCN(C)CC(=O)Nc1nnc(C(C)C)o1. The summed E-state index contributed by atoms with van der Waals surface area (Å²) in [6.07, 6.45) is 0.998. The van der Waals surface area contributed by atoms with E-state index in [1.807, 2.05) is 32.8 Å². The maximum absolute atomic E-state index is 11.7. The van der Waals surface area contributed by atoms with Crippen molar-refractivity contribution in [1.82, 2.24) is 20.4 Å². The highest BCUT2D eigenvalue weighted by Crippen LogP contribution is 2.14. The van der Waals surface area contributed by atoms with Gasteiger partial charge in [0, 0.05) is 5.92 Å². The van der Waals surface area contributed by atoms with E-state index in [1.165, 1.54) is 0 Å². The third-order valence-corrected chi connectivity index (χ3v) is 2.56. The van der Waals surface area contributed by atoms with Crippen molar-refractivity contribution >= 4 is 11.9 Å². The van der Waals surface area contributed by atoms with Crippen molar-refractivity contribution in [3.8, 4) is 0 Å². The number of likely N-dealkylation sites (N-methyl/N-ethyl adjacent to an activating group) is 1. The van der Waals surface area contributed by atoms with Crippen molar-refractivity contribution < 1.29 is 9.21 Å². The quantitative estimate of drug-likeness (QED) is 0.675. The molecule has 0 spiro atoms. The molecule has 0 aliphatic rings. The second kappa shape index (κ2) is 7.85. The molecule has 1 amide bonds. The van der Waals surface area contributed by atoms with Gasteiger partial charge in [-0.15, -0.1) is 5.10 Å². The molecule has 0 fully saturated rings. The zero-order valence-electron chi connectivity index (χ0n) is 12.1. The van der Waals surface area contributed by atoms with E-state index in [9.17, 15) is 4.79 Å². The predicted octanol–water partition coefficient (Wildman–Crippen LogP) is 0.673. The molecule has 2 N–H and O–H groups in total. The number of nitrogens with zero attached hydrogens (tertiary/aromatic N) is 3. The van der Waals surface area contributed by atoms with Crippen LogP contribution in [0.25, 0.3) is 0 Å². The Morgan fingerprint density at radius 3 is 2.74 bits per heavy atom. The fraction of sp³-hybridized carbons (Fsp3) is 0.750. The number of carbonyl (C=O) groups excluding carboxylic acids is 1. The van der Waals surface area contributed by atoms with Crippen LogP contribution in [0.3, 0.4) is 0 Å². The largest absolute Gasteiger partial charge is 0.408 e. The minimum absolute atomic E-state index is 0.147. The van der Waals surface area contributed by atoms with Crippen LogP contribution in [-0.2, 0) is 4.79 Å². The molecule has 1 aromatic rings. The van der Waals surface area contributed by atoms with Crippen LogP contribution in [0.15, 0.2) is 4.42 Å². The molecule has 0 aliphatic heterocycles. The Morgan fingerprint density at radius 2 is 2.16 bits per heavy atom. The molecule has 0 atom stereocenters. The Balaban J connectivity index is 2.33. The van der Waals surface area contributed by atoms with E-state index >= 15 is 0 Å². The summed E-state index contributed by atoms with van der Waals surface area (Å²) < 4.78 is 5.31. The molecule has 0 bridgehead atoms. The van der Waals surface area contributed by atoms with Crippen LogP contribution in [0.4, 0.5) is 6.01 Å². The Hall–Kier alpha value is -1.47. The van der Waals surface area contributed by atoms with E-state index in [0.717, 1.165) is 19.5 Å². The van der Waals surface area contributed by atoms with Gasteiger partial charge in [-0.3, -0.25) is 15.0 Å². The summed E-state index contributed by atoms with van der Waals surface area (Å²) in [5.41, 5.74) is 0. The highest BCUT2D eigenvalue weighted by atomic mass is 16.4. The number of hydrogen-bond donors (Lipinski definition) is 2. The number of anilines is 1. The van der Waals surface area contributed by atoms with Crippen LogP contribution in [0.5, 0.6) is 0 Å². The zero-order valence-corrected chi connectivity index (χ0v) is 12.1. The smallest absolute Gasteiger partial charge is 0.322 e. The Morgan fingerprint density at radius 1 is 1.42 bits per heavy atom. The first-order valence-corrected chi connectivity index (χ1v) is 6.49. The van der Waals surface area contributed by atoms with Gasteiger partial charge in [0.1, 0.15) is 0 Å². The van der Waals surface area contributed by atoms with Gasteiger partial charge in [0.25, 0.3) is 0 Å². The lowest BCUT2D eigenvalue weighted by molar-refractivity contribution is -0.117. The van der Waals surface area contributed by atoms with Crippen LogP contribution in [0.1, 0.15) is 32.1 Å². The molecule has 0 saturated carbocycles. The minimum atomic E-state index is -0.147. The summed E-state index contributed by atoms with van der Waals surface area (Å²) in [6, 6.07) is 0.164. The summed E-state index contributed by atoms with van der Waals surface area (Å²) in [7, 11) is 3.82. The van der Waals surface area contributed by atoms with Gasteiger partial charge < -0.3 is 9.73 Å². The third kappa shape index (κ3) is 5.80. The number of amides is 1. The van der Waals surface area contributed by atoms with Crippen molar-refractivity contribution in [1.29, 1.82) is 0 Å². The van der Waals surface area contributed by atoms with Crippen molar-refractivity contribution in [2.45, 2.75) is 26.2 Å². The Labute approximate surface area is 113 Å². The molecule has 0 radical (unpaired) electrons. The van der Waals surface area contributed by atoms with E-state index in [2.05, 4.69) is 20.8 Å². The highest BCUT2D eigenvalue weighted by Gasteiger charge is 2.13. The second-order valence-corrected chi connectivity index (χ2v) is 4.84. The molecule has 1 aromatic heterocycles. The molecule has 7 nitrogen and oxygen atoms in total. The van der Waals surface area contributed by atoms with Crippen LogP contribution in [0, 0.1) is 0 Å². The monoisotopic (exact) mass is 269 g/mol. The number of nitrogens with one attached hydrogen (secondary N) is 2. The highest BCUT2D eigenvalue weighted by molar-refractivity contribution is 5.90. The minimum Gasteiger partial charge on any atom is -0.408 e. The lowest BCUT2D eigenvalue weighted by atomic mass is 10.2. The molecular weight excluding hydrogens is 246 g/mol. The van der Waals surface area contributed by atoms with Gasteiger partial charge in [-0.25, -0.2) is 0 Å². The van der Waals surface area contributed by atoms with Crippen LogP contribution in [0.2, 0.25) is 0 Å². The second-order valence-electron chi connectivity index (χ2n) is 4.84. The van der Waals surface area contributed by atoms with Gasteiger partial charge in [0.2, 0.25) is 11.8 Å². The van der Waals surface area contributed by atoms with Gasteiger partial charge in [-0.05, 0) is 33.6 Å². The summed E-state index contributed by atoms with van der Waals surface area (Å²) >= 11 is 0. The molecular formula is C12H23N5O2. The maximum atomic E-state index is 11.7. The van der Waals surface area contributed by atoms with Crippen LogP contribution >= 0.6 is 0 Å². The molecule has 1 rings (SSSR count). The molecule has 1 heterocycles. The number of carbonyl (C=O) groups is 1. The van der Waals surface area contributed by atoms with Gasteiger partial charge >= 0.3 is 6.01 Å². The predicted molar refractivity (Wildman–Crippen MR) is 73.1 cm³/mol. The Kier molecular flexibility index (Phi) is 6.44. The van der Waals surface area contributed by atoms with E-state index in [4.69, 9.17) is 4.42 Å². The van der Waals surface area contributed by atoms with Crippen LogP contribution in [-0.4, -0.2) is 54.7 Å². The fourth-order valence-corrected chi connectivity index (χ4v) is 1.53. The van der Waals surface area contributed by atoms with Gasteiger partial charge in [0.15, 0.2) is 0 Å². The standard InChI is InChI=1S/C12H23N5O2/c1-9(2)11-15-16-12(19-11)14-10(18)8-17(4)7-5-6-13-3/h9,13H,5-8H2,1-4H3,(H,14,16,18). The first-order valence-electron chi connectivity index (χ1n) is 6.49. The average Bonchev–Trinajstić information content (AvgIpc) is 2.77. The van der Waals surface area contributed by atoms with Crippen molar-refractivity contribution in [2.24, 2.45) is 0 Å². The molecule has 0 unspecified atom stereocenters. The number of rotatable bonds is 8. The summed E-state index contributed by atoms with van der Waals surface area (Å²) in [6.45, 7) is 6.01. The summed E-state index contributed by atoms with van der Waals surface area (Å²) in [5.74, 6) is 0.533. The van der Waals surface area contributed by atoms with Crippen LogP contribution < -0.4 is 10.6 Å². The normalized spacial score (nSPS) is 11.3. The summed E-state index contributed by atoms with van der Waals surface area (Å²) in [4.78, 5) is 13.7. The summed E-state index contributed by atoms with van der Waals surface area (Å²) in [5, 5.41) is 13.3. The lowest BCUT2D eigenvalue weighted by Crippen LogP contribution is -2.32. The molecule has 0 aliphatic carbocycles. The lowest BCUT2D eigenvalue weighted by Gasteiger charge is -2.14. The van der Waals surface area contributed by atoms with Crippen molar-refractivity contribution in [2.75, 3.05) is 39.0 Å². The molecule has 108 valence electrons. The topological polar surface area (TPSA) is 83.3 Å². The first-order chi connectivity index (χ1) is 9.02. The number of hydrogen-bond acceptors (Lipinski definition) is 6. The third-order valence-electron chi connectivity index (χ3n) is 2.56. The van der Waals surface area contributed by atoms with E-state index < -0.39 is 0 Å². The maximum Gasteiger partial charge on any atom is 0.322 e. The van der Waals surface area contributed by atoms with E-state index in [-0.39, 0.29) is 17.8 Å². The van der Waals surface area contributed by atoms with Crippen molar-refractivity contribution in [3.63, 3.8) is 0 Å². The molecule has 0 saturated heterocycles. The number of aromatic nitrogens is 2. The van der Waals surface area contributed by atoms with Gasteiger partial charge in [0.05, 0.1) is 6.54 Å². The van der Waals surface area contributed by atoms with Crippen molar-refractivity contribution in [3.05, 3.63) is 5.89 Å². The Bertz CT molecular complexity index is 391. The first kappa shape index (κ1) is 15.6. The van der Waals surface area contributed by atoms with E-state index in [0.29, 0.717) is 12.4 Å². The molecule has 19 heavy (non-hydrogen) atoms.